The van der Waals surface area contributed by atoms with Crippen LogP contribution < -0.4 is 10.1 Å². The van der Waals surface area contributed by atoms with Crippen molar-refractivity contribution in [1.29, 1.82) is 0 Å². The number of hydrogen-bond acceptors (Lipinski definition) is 3. The molecule has 0 bridgehead atoms. The van der Waals surface area contributed by atoms with Gasteiger partial charge in [0, 0.05) is 25.8 Å². The van der Waals surface area contributed by atoms with Gasteiger partial charge in [0.15, 0.2) is 0 Å². The number of amides is 2. The number of aliphatic hydroxyl groups excluding tert-OH is 1. The van der Waals surface area contributed by atoms with E-state index in [1.165, 1.54) is 0 Å². The molecule has 0 aliphatic rings. The Bertz CT molecular complexity index is 447. The van der Waals surface area contributed by atoms with Gasteiger partial charge in [-0.3, -0.25) is 0 Å². The van der Waals surface area contributed by atoms with Crippen LogP contribution in [0.3, 0.4) is 0 Å². The number of hydrogen-bond donors (Lipinski definition) is 2. The van der Waals surface area contributed by atoms with Gasteiger partial charge in [-0.25, -0.2) is 4.79 Å². The zero-order chi connectivity index (χ0) is 15.7. The van der Waals surface area contributed by atoms with Crippen LogP contribution in [0.2, 0.25) is 5.02 Å². The standard InChI is InChI=1S/C15H23ClN2O3/c1-3-4-8-18(9-5-10-19)15(20)17-14-11-12(21-2)6-7-13(14)16/h6-7,11,19H,3-5,8-10H2,1-2H3,(H,17,20). The summed E-state index contributed by atoms with van der Waals surface area (Å²) in [6, 6.07) is 4.88. The van der Waals surface area contributed by atoms with E-state index in [0.29, 0.717) is 36.0 Å². The third-order valence-electron chi connectivity index (χ3n) is 3.07. The molecule has 5 nitrogen and oxygen atoms in total. The number of aliphatic hydroxyl groups is 1. The normalized spacial score (nSPS) is 10.3. The van der Waals surface area contributed by atoms with Crippen molar-refractivity contribution in [2.75, 3.05) is 32.1 Å². The summed E-state index contributed by atoms with van der Waals surface area (Å²) in [4.78, 5) is 14.0. The number of benzene rings is 1. The average Bonchev–Trinajstić information content (AvgIpc) is 2.49. The first-order valence-electron chi connectivity index (χ1n) is 7.12. The lowest BCUT2D eigenvalue weighted by Gasteiger charge is -2.23. The van der Waals surface area contributed by atoms with Crippen LogP contribution in [0.4, 0.5) is 10.5 Å². The maximum atomic E-state index is 12.3. The number of rotatable bonds is 8. The van der Waals surface area contributed by atoms with Crippen LogP contribution >= 0.6 is 11.6 Å². The van der Waals surface area contributed by atoms with Crippen LogP contribution in [0.5, 0.6) is 5.75 Å². The lowest BCUT2D eigenvalue weighted by atomic mass is 10.3. The molecule has 0 aliphatic carbocycles. The smallest absolute Gasteiger partial charge is 0.321 e. The van der Waals surface area contributed by atoms with Gasteiger partial charge < -0.3 is 20.1 Å². The predicted molar refractivity (Wildman–Crippen MR) is 85.2 cm³/mol. The van der Waals surface area contributed by atoms with Crippen molar-refractivity contribution >= 4 is 23.3 Å². The maximum Gasteiger partial charge on any atom is 0.321 e. The highest BCUT2D eigenvalue weighted by atomic mass is 35.5. The van der Waals surface area contributed by atoms with E-state index in [4.69, 9.17) is 21.4 Å². The van der Waals surface area contributed by atoms with E-state index in [1.807, 2.05) is 0 Å². The third-order valence-corrected chi connectivity index (χ3v) is 3.40. The Balaban J connectivity index is 2.75. The third kappa shape index (κ3) is 5.81. The summed E-state index contributed by atoms with van der Waals surface area (Å²) in [5.74, 6) is 0.630. The van der Waals surface area contributed by atoms with Gasteiger partial charge in [0.1, 0.15) is 5.75 Å². The van der Waals surface area contributed by atoms with Gasteiger partial charge in [0.25, 0.3) is 0 Å². The van der Waals surface area contributed by atoms with E-state index in [9.17, 15) is 4.79 Å². The minimum absolute atomic E-state index is 0.0653. The molecule has 0 saturated heterocycles. The first kappa shape index (κ1) is 17.6. The number of unbranched alkanes of at least 4 members (excludes halogenated alkanes) is 1. The minimum Gasteiger partial charge on any atom is -0.497 e. The van der Waals surface area contributed by atoms with Gasteiger partial charge in [-0.2, -0.15) is 0 Å². The van der Waals surface area contributed by atoms with E-state index >= 15 is 0 Å². The van der Waals surface area contributed by atoms with E-state index in [1.54, 1.807) is 30.2 Å². The molecule has 0 aromatic heterocycles. The molecular weight excluding hydrogens is 292 g/mol. The number of nitrogens with zero attached hydrogens (tertiary/aromatic N) is 1. The van der Waals surface area contributed by atoms with Crippen molar-refractivity contribution < 1.29 is 14.6 Å². The zero-order valence-corrected chi connectivity index (χ0v) is 13.3. The molecule has 0 atom stereocenters. The predicted octanol–water partition coefficient (Wildman–Crippen LogP) is 3.37. The Morgan fingerprint density at radius 1 is 1.38 bits per heavy atom. The fourth-order valence-electron chi connectivity index (χ4n) is 1.85. The zero-order valence-electron chi connectivity index (χ0n) is 12.6. The minimum atomic E-state index is -0.216. The van der Waals surface area contributed by atoms with Crippen LogP contribution in [0, 0.1) is 0 Å². The molecule has 0 aliphatic heterocycles. The second kappa shape index (κ2) is 9.47. The van der Waals surface area contributed by atoms with Crippen LogP contribution in [0.25, 0.3) is 0 Å². The van der Waals surface area contributed by atoms with Crippen molar-refractivity contribution in [2.45, 2.75) is 26.2 Å². The average molecular weight is 315 g/mol. The lowest BCUT2D eigenvalue weighted by Crippen LogP contribution is -2.36. The summed E-state index contributed by atoms with van der Waals surface area (Å²) in [6.45, 7) is 3.31. The van der Waals surface area contributed by atoms with Gasteiger partial charge in [-0.05, 0) is 25.0 Å². The monoisotopic (exact) mass is 314 g/mol. The van der Waals surface area contributed by atoms with E-state index in [-0.39, 0.29) is 12.6 Å². The second-order valence-electron chi connectivity index (χ2n) is 4.69. The fraction of sp³-hybridized carbons (Fsp3) is 0.533. The van der Waals surface area contributed by atoms with E-state index < -0.39 is 0 Å². The van der Waals surface area contributed by atoms with Gasteiger partial charge in [-0.1, -0.05) is 24.9 Å². The molecule has 21 heavy (non-hydrogen) atoms. The topological polar surface area (TPSA) is 61.8 Å². The highest BCUT2D eigenvalue weighted by Crippen LogP contribution is 2.26. The number of urea groups is 1. The fourth-order valence-corrected chi connectivity index (χ4v) is 2.01. The summed E-state index contributed by atoms with van der Waals surface area (Å²) < 4.78 is 5.13. The Morgan fingerprint density at radius 2 is 2.10 bits per heavy atom. The molecule has 1 rings (SSSR count). The number of carbonyl (C=O) groups excluding carboxylic acids is 1. The number of halogens is 1. The molecule has 0 saturated carbocycles. The molecule has 0 heterocycles. The van der Waals surface area contributed by atoms with Crippen molar-refractivity contribution in [1.82, 2.24) is 4.90 Å². The van der Waals surface area contributed by atoms with Gasteiger partial charge >= 0.3 is 6.03 Å². The van der Waals surface area contributed by atoms with Crippen molar-refractivity contribution in [3.63, 3.8) is 0 Å². The van der Waals surface area contributed by atoms with Gasteiger partial charge in [0.05, 0.1) is 17.8 Å². The summed E-state index contributed by atoms with van der Waals surface area (Å²) in [7, 11) is 1.56. The highest BCUT2D eigenvalue weighted by Gasteiger charge is 2.14. The Kier molecular flexibility index (Phi) is 7.93. The number of nitrogens with one attached hydrogen (secondary N) is 1. The largest absolute Gasteiger partial charge is 0.497 e. The molecule has 2 amide bonds. The summed E-state index contributed by atoms with van der Waals surface area (Å²) >= 11 is 6.08. The molecule has 0 spiro atoms. The number of anilines is 1. The number of methoxy groups -OCH3 is 1. The first-order chi connectivity index (χ1) is 10.1. The lowest BCUT2D eigenvalue weighted by molar-refractivity contribution is 0.201. The molecular formula is C15H23ClN2O3. The quantitative estimate of drug-likeness (QED) is 0.773. The molecule has 6 heteroatoms. The van der Waals surface area contributed by atoms with Crippen LogP contribution in [-0.4, -0.2) is 42.8 Å². The Hall–Kier alpha value is -1.46. The number of carbonyl (C=O) groups is 1. The van der Waals surface area contributed by atoms with E-state index in [2.05, 4.69) is 12.2 Å². The Morgan fingerprint density at radius 3 is 2.71 bits per heavy atom. The molecule has 0 fully saturated rings. The van der Waals surface area contributed by atoms with Crippen LogP contribution in [0.1, 0.15) is 26.2 Å². The molecule has 0 unspecified atom stereocenters. The number of ether oxygens (including phenoxy) is 1. The van der Waals surface area contributed by atoms with Crippen LogP contribution in [-0.2, 0) is 0 Å². The van der Waals surface area contributed by atoms with E-state index in [0.717, 1.165) is 12.8 Å². The van der Waals surface area contributed by atoms with Crippen molar-refractivity contribution in [2.24, 2.45) is 0 Å². The summed E-state index contributed by atoms with van der Waals surface area (Å²) in [5, 5.41) is 12.2. The molecule has 0 radical (unpaired) electrons. The Labute approximate surface area is 130 Å². The summed E-state index contributed by atoms with van der Waals surface area (Å²) in [6.07, 6.45) is 2.48. The summed E-state index contributed by atoms with van der Waals surface area (Å²) in [5.41, 5.74) is 0.520. The van der Waals surface area contributed by atoms with Crippen molar-refractivity contribution in [3.05, 3.63) is 23.2 Å². The SMILES string of the molecule is CCCCN(CCCO)C(=O)Nc1cc(OC)ccc1Cl. The molecule has 1 aromatic carbocycles. The van der Waals surface area contributed by atoms with Crippen LogP contribution in [0.15, 0.2) is 18.2 Å². The van der Waals surface area contributed by atoms with Gasteiger partial charge in [0.2, 0.25) is 0 Å². The second-order valence-corrected chi connectivity index (χ2v) is 5.10. The molecule has 118 valence electrons. The molecule has 1 aromatic rings. The first-order valence-corrected chi connectivity index (χ1v) is 7.50. The molecule has 2 N–H and O–H groups in total. The maximum absolute atomic E-state index is 12.3. The van der Waals surface area contributed by atoms with Gasteiger partial charge in [-0.15, -0.1) is 0 Å². The highest BCUT2D eigenvalue weighted by molar-refractivity contribution is 6.33. The van der Waals surface area contributed by atoms with Crippen molar-refractivity contribution in [3.8, 4) is 5.75 Å².